The number of aliphatic hydroxyl groups is 2. The van der Waals surface area contributed by atoms with E-state index < -0.39 is 91.5 Å². The van der Waals surface area contributed by atoms with E-state index in [4.69, 9.17) is 32.3 Å². The Balaban J connectivity index is 4.76. The first-order valence-electron chi connectivity index (χ1n) is 36.7. The number of ether oxygens (including phenoxy) is 3. The van der Waals surface area contributed by atoms with Crippen LogP contribution in [0.25, 0.3) is 0 Å². The normalized spacial score (nSPS) is 15.2. The van der Waals surface area contributed by atoms with Crippen LogP contribution in [0.1, 0.15) is 239 Å². The van der Waals surface area contributed by atoms with Crippen LogP contribution in [0, 0.1) is 0 Å². The molecular formula is C81H128O16P2. The van der Waals surface area contributed by atoms with Gasteiger partial charge >= 0.3 is 33.6 Å². The molecule has 0 radical (unpaired) electrons. The van der Waals surface area contributed by atoms with E-state index in [2.05, 4.69) is 197 Å². The topological polar surface area (TPSA) is 231 Å². The number of hydrogen-bond acceptors (Lipinski definition) is 14. The maximum atomic E-state index is 13.0. The van der Waals surface area contributed by atoms with Gasteiger partial charge in [0.15, 0.2) is 6.10 Å². The number of phosphoric ester groups is 2. The fourth-order valence-corrected chi connectivity index (χ4v) is 10.4. The standard InChI is InChI=1S/C81H128O16P2/c1-4-7-10-13-16-19-22-25-28-31-34-35-36-37-38-39-42-44-46-49-52-55-58-61-64-67-79(84)91-70-76(82)71-93-98(87,88)94-72-77(83)73-95-99(89,90)96-75-78(97-81(86)69-66-63-60-57-54-51-48-45-41-33-30-27-24-21-18-15-12-9-6-3)74-92-80(85)68-65-62-59-56-53-50-47-43-40-32-29-26-23-20-17-14-11-8-5-2/h7-12,16-21,25-30,34-35,37-38,40-41,43,45,50-51,53-54,59,62,76-78,82-83H,4-6,13-15,22-24,31-33,36,39,42,44,46-49,52,55-58,60-61,63-75H2,1-3H3,(H,87,88)(H,89,90)/b10-7-,11-8-,12-9-,19-16-,20-17-,21-18-,28-25-,29-26-,30-27-,35-34-,38-37-,43-40-,45-41-,53-50-,54-51-,62-59-. The molecule has 0 rings (SSSR count). The summed E-state index contributed by atoms with van der Waals surface area (Å²) in [6, 6.07) is 0. The SMILES string of the molecule is CC/C=C\C/C=C\C/C=C\C/C=C\C/C=C\C/C=C\CCC(=O)OCC(COP(=O)(O)OCC(O)COP(=O)(O)OCC(O)COC(=O)CCCCCCCCCCC/C=C\C/C=C\C/C=C\C/C=C\C/C=C\CC)OC(=O)CCCCC/C=C\C/C=C\C/C=C\C/C=C\C/C=C\CC. The minimum absolute atomic E-state index is 0.0290. The van der Waals surface area contributed by atoms with Gasteiger partial charge in [-0.05, 0) is 148 Å². The van der Waals surface area contributed by atoms with E-state index >= 15 is 0 Å². The molecule has 0 aliphatic heterocycles. The predicted molar refractivity (Wildman–Crippen MR) is 408 cm³/mol. The zero-order valence-corrected chi connectivity index (χ0v) is 62.4. The first-order valence-corrected chi connectivity index (χ1v) is 39.7. The highest BCUT2D eigenvalue weighted by molar-refractivity contribution is 7.47. The molecule has 4 N–H and O–H groups in total. The minimum Gasteiger partial charge on any atom is -0.463 e. The third-order valence-corrected chi connectivity index (χ3v) is 16.2. The van der Waals surface area contributed by atoms with Crippen LogP contribution >= 0.6 is 15.6 Å². The van der Waals surface area contributed by atoms with Crippen LogP contribution in [0.15, 0.2) is 194 Å². The van der Waals surface area contributed by atoms with Crippen molar-refractivity contribution < 1.29 is 75.8 Å². The Morgan fingerprint density at radius 2 is 0.525 bits per heavy atom. The Bertz CT molecular complexity index is 2580. The summed E-state index contributed by atoms with van der Waals surface area (Å²) < 4.78 is 60.9. The van der Waals surface area contributed by atoms with E-state index in [1.165, 1.54) is 25.7 Å². The molecule has 16 nitrogen and oxygen atoms in total. The zero-order valence-electron chi connectivity index (χ0n) is 60.6. The van der Waals surface area contributed by atoms with Crippen molar-refractivity contribution in [2.45, 2.75) is 257 Å². The fraction of sp³-hybridized carbons (Fsp3) is 0.568. The molecule has 0 fully saturated rings. The third-order valence-electron chi connectivity index (χ3n) is 14.3. The maximum Gasteiger partial charge on any atom is 0.472 e. The lowest BCUT2D eigenvalue weighted by Gasteiger charge is -2.21. The molecule has 5 unspecified atom stereocenters. The monoisotopic (exact) mass is 1420 g/mol. The van der Waals surface area contributed by atoms with E-state index in [-0.39, 0.29) is 19.3 Å². The van der Waals surface area contributed by atoms with Crippen molar-refractivity contribution in [3.63, 3.8) is 0 Å². The molecule has 5 atom stereocenters. The van der Waals surface area contributed by atoms with E-state index in [9.17, 15) is 43.5 Å². The summed E-state index contributed by atoms with van der Waals surface area (Å²) in [5.41, 5.74) is 0. The Labute approximate surface area is 597 Å². The van der Waals surface area contributed by atoms with Gasteiger partial charge in [-0.1, -0.05) is 267 Å². The Hall–Kier alpha value is -5.61. The van der Waals surface area contributed by atoms with Gasteiger partial charge in [-0.15, -0.1) is 0 Å². The van der Waals surface area contributed by atoms with Crippen LogP contribution in [-0.4, -0.2) is 95.9 Å². The summed E-state index contributed by atoms with van der Waals surface area (Å²) in [4.78, 5) is 58.5. The molecule has 0 amide bonds. The lowest BCUT2D eigenvalue weighted by molar-refractivity contribution is -0.161. The number of unbranched alkanes of at least 4 members (excludes halogenated alkanes) is 12. The fourth-order valence-electron chi connectivity index (χ4n) is 8.82. The van der Waals surface area contributed by atoms with Crippen LogP contribution < -0.4 is 0 Å². The first-order chi connectivity index (χ1) is 48.2. The van der Waals surface area contributed by atoms with Crippen molar-refractivity contribution in [2.24, 2.45) is 0 Å². The largest absolute Gasteiger partial charge is 0.472 e. The van der Waals surface area contributed by atoms with Crippen molar-refractivity contribution in [3.8, 4) is 0 Å². The number of esters is 3. The number of rotatable bonds is 67. The summed E-state index contributed by atoms with van der Waals surface area (Å²) in [6.07, 6.45) is 93.5. The lowest BCUT2D eigenvalue weighted by atomic mass is 10.1. The van der Waals surface area contributed by atoms with E-state index in [0.29, 0.717) is 25.7 Å². The second-order valence-electron chi connectivity index (χ2n) is 23.6. The summed E-state index contributed by atoms with van der Waals surface area (Å²) >= 11 is 0. The summed E-state index contributed by atoms with van der Waals surface area (Å²) in [6.45, 7) is 2.16. The lowest BCUT2D eigenvalue weighted by Crippen LogP contribution is -2.30. The van der Waals surface area contributed by atoms with Gasteiger partial charge in [-0.3, -0.25) is 32.5 Å². The molecule has 0 spiro atoms. The molecule has 0 aromatic carbocycles. The van der Waals surface area contributed by atoms with Gasteiger partial charge in [0.2, 0.25) is 0 Å². The number of phosphoric acid groups is 2. The second kappa shape index (κ2) is 72.2. The van der Waals surface area contributed by atoms with Crippen molar-refractivity contribution in [3.05, 3.63) is 194 Å². The molecular weight excluding hydrogens is 1290 g/mol. The number of aliphatic hydroxyl groups excluding tert-OH is 2. The molecule has 0 aromatic heterocycles. The van der Waals surface area contributed by atoms with Gasteiger partial charge in [-0.25, -0.2) is 9.13 Å². The van der Waals surface area contributed by atoms with E-state index in [1.54, 1.807) is 0 Å². The highest BCUT2D eigenvalue weighted by atomic mass is 31.2. The summed E-state index contributed by atoms with van der Waals surface area (Å²) in [5.74, 6) is -1.74. The summed E-state index contributed by atoms with van der Waals surface area (Å²) in [7, 11) is -9.84. The van der Waals surface area contributed by atoms with Crippen molar-refractivity contribution >= 4 is 33.6 Å². The highest BCUT2D eigenvalue weighted by Gasteiger charge is 2.29. The van der Waals surface area contributed by atoms with Gasteiger partial charge in [0, 0.05) is 19.3 Å². The van der Waals surface area contributed by atoms with E-state index in [1.807, 2.05) is 18.2 Å². The van der Waals surface area contributed by atoms with Gasteiger partial charge in [0.25, 0.3) is 0 Å². The minimum atomic E-state index is -4.97. The van der Waals surface area contributed by atoms with E-state index in [0.717, 1.165) is 148 Å². The van der Waals surface area contributed by atoms with Crippen LogP contribution in [0.2, 0.25) is 0 Å². The number of carbonyl (C=O) groups excluding carboxylic acids is 3. The molecule has 0 aliphatic carbocycles. The Kier molecular flexibility index (Phi) is 68.1. The van der Waals surface area contributed by atoms with Crippen molar-refractivity contribution in [1.82, 2.24) is 0 Å². The smallest absolute Gasteiger partial charge is 0.463 e. The number of carbonyl (C=O) groups is 3. The molecule has 99 heavy (non-hydrogen) atoms. The average Bonchev–Trinajstić information content (AvgIpc) is 2.97. The molecule has 558 valence electrons. The Morgan fingerprint density at radius 1 is 0.283 bits per heavy atom. The van der Waals surface area contributed by atoms with Gasteiger partial charge in [0.1, 0.15) is 25.4 Å². The molecule has 0 aliphatic rings. The van der Waals surface area contributed by atoms with Crippen LogP contribution in [0.3, 0.4) is 0 Å². The van der Waals surface area contributed by atoms with Crippen molar-refractivity contribution in [2.75, 3.05) is 39.6 Å². The quantitative estimate of drug-likeness (QED) is 0.0146. The average molecular weight is 1420 g/mol. The first kappa shape index (κ1) is 93.4. The number of hydrogen-bond donors (Lipinski definition) is 4. The zero-order chi connectivity index (χ0) is 72.3. The molecule has 18 heteroatoms. The third kappa shape index (κ3) is 73.4. The molecule has 0 saturated carbocycles. The second-order valence-corrected chi connectivity index (χ2v) is 26.5. The molecule has 0 saturated heterocycles. The predicted octanol–water partition coefficient (Wildman–Crippen LogP) is 21.2. The highest BCUT2D eigenvalue weighted by Crippen LogP contribution is 2.45. The molecule has 0 bridgehead atoms. The van der Waals surface area contributed by atoms with Gasteiger partial charge < -0.3 is 34.2 Å². The van der Waals surface area contributed by atoms with Crippen molar-refractivity contribution in [1.29, 1.82) is 0 Å². The number of allylic oxidation sites excluding steroid dienone is 32. The Morgan fingerprint density at radius 3 is 0.869 bits per heavy atom. The summed E-state index contributed by atoms with van der Waals surface area (Å²) in [5, 5.41) is 20.6. The molecule has 0 heterocycles. The van der Waals surface area contributed by atoms with Crippen LogP contribution in [-0.2, 0) is 55.8 Å². The molecule has 0 aromatic rings. The van der Waals surface area contributed by atoms with Crippen LogP contribution in [0.5, 0.6) is 0 Å². The van der Waals surface area contributed by atoms with Gasteiger partial charge in [0.05, 0.1) is 26.4 Å². The van der Waals surface area contributed by atoms with Gasteiger partial charge in [-0.2, -0.15) is 0 Å². The van der Waals surface area contributed by atoms with Crippen LogP contribution in [0.4, 0.5) is 0 Å². The maximum absolute atomic E-state index is 13.0.